The quantitative estimate of drug-likeness (QED) is 0.329. The van der Waals surface area contributed by atoms with E-state index >= 15 is 0 Å². The van der Waals surface area contributed by atoms with Crippen molar-refractivity contribution in [1.82, 2.24) is 4.90 Å². The summed E-state index contributed by atoms with van der Waals surface area (Å²) in [6, 6.07) is 0. The smallest absolute Gasteiger partial charge is 0.330 e. The second-order valence-electron chi connectivity index (χ2n) is 4.90. The summed E-state index contributed by atoms with van der Waals surface area (Å²) in [5, 5.41) is 0. The maximum Gasteiger partial charge on any atom is 0.330 e. The van der Waals surface area contributed by atoms with Gasteiger partial charge in [-0.15, -0.1) is 0 Å². The minimum atomic E-state index is -0.828. The Bertz CT molecular complexity index is 468. The minimum absolute atomic E-state index is 0.110. The van der Waals surface area contributed by atoms with Gasteiger partial charge in [0.05, 0.1) is 17.9 Å². The van der Waals surface area contributed by atoms with E-state index < -0.39 is 11.4 Å². The van der Waals surface area contributed by atoms with E-state index in [1.807, 2.05) is 12.2 Å². The first-order chi connectivity index (χ1) is 9.03. The topological polar surface area (TPSA) is 63.7 Å². The molecule has 1 heterocycles. The van der Waals surface area contributed by atoms with E-state index in [-0.39, 0.29) is 24.3 Å². The molecule has 0 aromatic carbocycles. The van der Waals surface area contributed by atoms with Crippen molar-refractivity contribution in [2.45, 2.75) is 19.3 Å². The number of hydrogen-bond acceptors (Lipinski definition) is 4. The molecule has 2 atom stereocenters. The van der Waals surface area contributed by atoms with Gasteiger partial charge >= 0.3 is 5.97 Å². The molecule has 0 spiro atoms. The Morgan fingerprint density at radius 2 is 2.37 bits per heavy atom. The lowest BCUT2D eigenvalue weighted by Crippen LogP contribution is -2.36. The number of imide groups is 1. The zero-order valence-electron chi connectivity index (χ0n) is 10.9. The first-order valence-corrected chi connectivity index (χ1v) is 6.32. The molecule has 0 aromatic rings. The SMILES string of the molecule is C=CC(=O)OCCC12C=CCCC1C(=O)N(C)C2=O. The molecular formula is C14H17NO4. The van der Waals surface area contributed by atoms with Gasteiger partial charge in [-0.3, -0.25) is 14.5 Å². The van der Waals surface area contributed by atoms with Crippen molar-refractivity contribution in [3.05, 3.63) is 24.8 Å². The molecule has 2 aliphatic rings. The number of ether oxygens (including phenoxy) is 1. The predicted molar refractivity (Wildman–Crippen MR) is 67.8 cm³/mol. The first-order valence-electron chi connectivity index (χ1n) is 6.32. The molecule has 1 aliphatic carbocycles. The summed E-state index contributed by atoms with van der Waals surface area (Å²) >= 11 is 0. The Labute approximate surface area is 111 Å². The fraction of sp³-hybridized carbons (Fsp3) is 0.500. The standard InChI is InChI=1S/C14H17NO4/c1-3-11(16)19-9-8-14-7-5-4-6-10(14)12(17)15(2)13(14)18/h3,5,7,10H,1,4,6,8-9H2,2H3. The van der Waals surface area contributed by atoms with Crippen LogP contribution in [0.5, 0.6) is 0 Å². The zero-order valence-corrected chi connectivity index (χ0v) is 10.9. The van der Waals surface area contributed by atoms with Crippen LogP contribution in [0, 0.1) is 11.3 Å². The number of allylic oxidation sites excluding steroid dienone is 1. The Balaban J connectivity index is 2.17. The highest BCUT2D eigenvalue weighted by atomic mass is 16.5. The number of esters is 1. The van der Waals surface area contributed by atoms with Crippen molar-refractivity contribution in [3.8, 4) is 0 Å². The van der Waals surface area contributed by atoms with Gasteiger partial charge in [0.2, 0.25) is 11.8 Å². The zero-order chi connectivity index (χ0) is 14.0. The van der Waals surface area contributed by atoms with E-state index in [9.17, 15) is 14.4 Å². The van der Waals surface area contributed by atoms with Gasteiger partial charge in [-0.1, -0.05) is 18.7 Å². The van der Waals surface area contributed by atoms with E-state index in [0.717, 1.165) is 12.5 Å². The minimum Gasteiger partial charge on any atom is -0.462 e. The van der Waals surface area contributed by atoms with Crippen LogP contribution in [-0.4, -0.2) is 36.3 Å². The third-order valence-electron chi connectivity index (χ3n) is 3.92. The average Bonchev–Trinajstić information content (AvgIpc) is 2.62. The number of likely N-dealkylation sites (tertiary alicyclic amines) is 1. The maximum atomic E-state index is 12.3. The lowest BCUT2D eigenvalue weighted by atomic mass is 9.70. The van der Waals surface area contributed by atoms with Crippen molar-refractivity contribution < 1.29 is 19.1 Å². The van der Waals surface area contributed by atoms with Crippen molar-refractivity contribution >= 4 is 17.8 Å². The van der Waals surface area contributed by atoms with E-state index in [4.69, 9.17) is 4.74 Å². The molecule has 0 radical (unpaired) electrons. The van der Waals surface area contributed by atoms with Gasteiger partial charge in [0.25, 0.3) is 0 Å². The van der Waals surface area contributed by atoms with Gasteiger partial charge < -0.3 is 4.74 Å². The largest absolute Gasteiger partial charge is 0.462 e. The van der Waals surface area contributed by atoms with Crippen LogP contribution in [0.25, 0.3) is 0 Å². The highest BCUT2D eigenvalue weighted by Crippen LogP contribution is 2.46. The van der Waals surface area contributed by atoms with Crippen LogP contribution in [0.15, 0.2) is 24.8 Å². The fourth-order valence-corrected chi connectivity index (χ4v) is 2.88. The van der Waals surface area contributed by atoms with Gasteiger partial charge in [-0.05, 0) is 12.8 Å². The van der Waals surface area contributed by atoms with Crippen LogP contribution in [0.2, 0.25) is 0 Å². The summed E-state index contributed by atoms with van der Waals surface area (Å²) in [7, 11) is 1.51. The number of carbonyl (C=O) groups excluding carboxylic acids is 3. The molecule has 19 heavy (non-hydrogen) atoms. The maximum absolute atomic E-state index is 12.3. The first kappa shape index (κ1) is 13.5. The van der Waals surface area contributed by atoms with Crippen LogP contribution in [0.1, 0.15) is 19.3 Å². The molecule has 0 saturated carbocycles. The van der Waals surface area contributed by atoms with Gasteiger partial charge in [-0.2, -0.15) is 0 Å². The van der Waals surface area contributed by atoms with E-state index in [0.29, 0.717) is 12.8 Å². The summed E-state index contributed by atoms with van der Waals surface area (Å²) in [6.07, 6.45) is 6.62. The normalized spacial score (nSPS) is 29.3. The van der Waals surface area contributed by atoms with E-state index in [1.165, 1.54) is 11.9 Å². The monoisotopic (exact) mass is 263 g/mol. The van der Waals surface area contributed by atoms with Crippen molar-refractivity contribution in [2.75, 3.05) is 13.7 Å². The summed E-state index contributed by atoms with van der Waals surface area (Å²) in [6.45, 7) is 3.42. The molecule has 1 fully saturated rings. The Morgan fingerprint density at radius 3 is 3.05 bits per heavy atom. The van der Waals surface area contributed by atoms with E-state index in [2.05, 4.69) is 6.58 Å². The van der Waals surface area contributed by atoms with Crippen molar-refractivity contribution in [1.29, 1.82) is 0 Å². The third-order valence-corrected chi connectivity index (χ3v) is 3.92. The van der Waals surface area contributed by atoms with Crippen LogP contribution in [0.3, 0.4) is 0 Å². The number of nitrogens with zero attached hydrogens (tertiary/aromatic N) is 1. The molecule has 0 bridgehead atoms. The lowest BCUT2D eigenvalue weighted by molar-refractivity contribution is -0.142. The third kappa shape index (κ3) is 2.09. The Hall–Kier alpha value is -1.91. The van der Waals surface area contributed by atoms with Gasteiger partial charge in [0.1, 0.15) is 0 Å². The van der Waals surface area contributed by atoms with Crippen LogP contribution in [0.4, 0.5) is 0 Å². The Morgan fingerprint density at radius 1 is 1.63 bits per heavy atom. The molecular weight excluding hydrogens is 246 g/mol. The average molecular weight is 263 g/mol. The second kappa shape index (κ2) is 4.99. The molecule has 1 aliphatic heterocycles. The number of hydrogen-bond donors (Lipinski definition) is 0. The summed E-state index contributed by atoms with van der Waals surface area (Å²) < 4.78 is 4.94. The van der Waals surface area contributed by atoms with Crippen LogP contribution in [-0.2, 0) is 19.1 Å². The molecule has 102 valence electrons. The molecule has 0 N–H and O–H groups in total. The highest BCUT2D eigenvalue weighted by Gasteiger charge is 2.56. The number of rotatable bonds is 4. The predicted octanol–water partition coefficient (Wildman–Crippen LogP) is 1.06. The van der Waals surface area contributed by atoms with Gasteiger partial charge in [-0.25, -0.2) is 4.79 Å². The number of carbonyl (C=O) groups is 3. The summed E-state index contributed by atoms with van der Waals surface area (Å²) in [4.78, 5) is 36.6. The summed E-state index contributed by atoms with van der Waals surface area (Å²) in [5.41, 5.74) is -0.828. The summed E-state index contributed by atoms with van der Waals surface area (Å²) in [5.74, 6) is -1.17. The van der Waals surface area contributed by atoms with E-state index in [1.54, 1.807) is 0 Å². The Kier molecular flexibility index (Phi) is 3.55. The second-order valence-corrected chi connectivity index (χ2v) is 4.90. The molecule has 5 nitrogen and oxygen atoms in total. The lowest BCUT2D eigenvalue weighted by Gasteiger charge is -2.30. The molecule has 2 unspecified atom stereocenters. The molecule has 2 amide bonds. The van der Waals surface area contributed by atoms with Crippen LogP contribution < -0.4 is 0 Å². The number of amides is 2. The highest BCUT2D eigenvalue weighted by molar-refractivity contribution is 6.08. The molecule has 5 heteroatoms. The van der Waals surface area contributed by atoms with Crippen molar-refractivity contribution in [3.63, 3.8) is 0 Å². The van der Waals surface area contributed by atoms with Gasteiger partial charge in [0, 0.05) is 19.5 Å². The van der Waals surface area contributed by atoms with Crippen molar-refractivity contribution in [2.24, 2.45) is 11.3 Å². The molecule has 2 rings (SSSR count). The van der Waals surface area contributed by atoms with Gasteiger partial charge in [0.15, 0.2) is 0 Å². The number of fused-ring (bicyclic) bond motifs is 1. The molecule has 0 aromatic heterocycles. The molecule has 1 saturated heterocycles. The fourth-order valence-electron chi connectivity index (χ4n) is 2.88. The van der Waals surface area contributed by atoms with Crippen LogP contribution >= 0.6 is 0 Å².